The molecule has 1 aliphatic heterocycles. The van der Waals surface area contributed by atoms with Crippen LogP contribution in [0, 0.1) is 5.41 Å². The molecule has 1 aromatic carbocycles. The predicted octanol–water partition coefficient (Wildman–Crippen LogP) is 1.56. The molecule has 1 heterocycles. The molecule has 1 unspecified atom stereocenters. The highest BCUT2D eigenvalue weighted by molar-refractivity contribution is 5.82. The van der Waals surface area contributed by atoms with Crippen molar-refractivity contribution in [1.82, 2.24) is 4.90 Å². The number of ether oxygens (including phenoxy) is 1. The van der Waals surface area contributed by atoms with Gasteiger partial charge >= 0.3 is 5.97 Å². The van der Waals surface area contributed by atoms with Crippen molar-refractivity contribution < 1.29 is 19.4 Å². The lowest BCUT2D eigenvalue weighted by Gasteiger charge is -2.20. The average Bonchev–Trinajstić information content (AvgIpc) is 2.83. The first-order valence-corrected chi connectivity index (χ1v) is 6.59. The fourth-order valence-electron chi connectivity index (χ4n) is 2.47. The Bertz CT molecular complexity index is 528. The van der Waals surface area contributed by atoms with E-state index in [1.807, 2.05) is 24.3 Å². The minimum absolute atomic E-state index is 0.0560. The van der Waals surface area contributed by atoms with Gasteiger partial charge in [0.15, 0.2) is 0 Å². The number of carbonyl (C=O) groups excluding carboxylic acids is 1. The maximum atomic E-state index is 12.3. The molecule has 1 aliphatic rings. The number of amides is 1. The topological polar surface area (TPSA) is 66.8 Å². The second kappa shape index (κ2) is 5.53. The third-order valence-electron chi connectivity index (χ3n) is 3.88. The highest BCUT2D eigenvalue weighted by atomic mass is 16.5. The normalized spacial score (nSPS) is 21.8. The van der Waals surface area contributed by atoms with E-state index in [0.29, 0.717) is 18.7 Å². The van der Waals surface area contributed by atoms with Crippen molar-refractivity contribution in [3.63, 3.8) is 0 Å². The molecule has 5 heteroatoms. The number of benzene rings is 1. The van der Waals surface area contributed by atoms with Crippen LogP contribution in [-0.2, 0) is 16.0 Å². The Labute approximate surface area is 118 Å². The third kappa shape index (κ3) is 2.76. The molecule has 0 aliphatic carbocycles. The van der Waals surface area contributed by atoms with Gasteiger partial charge < -0.3 is 14.7 Å². The van der Waals surface area contributed by atoms with Crippen LogP contribution in [-0.4, -0.2) is 42.1 Å². The number of hydrogen-bond donors (Lipinski definition) is 1. The van der Waals surface area contributed by atoms with Gasteiger partial charge in [0.05, 0.1) is 18.9 Å². The predicted molar refractivity (Wildman–Crippen MR) is 73.6 cm³/mol. The SMILES string of the molecule is COc1ccccc1CC(=O)N1CCC(C)(C(=O)O)C1. The van der Waals surface area contributed by atoms with Gasteiger partial charge in [-0.05, 0) is 19.4 Å². The minimum Gasteiger partial charge on any atom is -0.496 e. The summed E-state index contributed by atoms with van der Waals surface area (Å²) in [6.45, 7) is 2.46. The third-order valence-corrected chi connectivity index (χ3v) is 3.88. The number of hydrogen-bond acceptors (Lipinski definition) is 3. The van der Waals surface area contributed by atoms with Crippen molar-refractivity contribution in [1.29, 1.82) is 0 Å². The number of carbonyl (C=O) groups is 2. The van der Waals surface area contributed by atoms with Gasteiger partial charge in [0.25, 0.3) is 0 Å². The van der Waals surface area contributed by atoms with Gasteiger partial charge in [-0.3, -0.25) is 9.59 Å². The maximum Gasteiger partial charge on any atom is 0.311 e. The molecule has 0 radical (unpaired) electrons. The summed E-state index contributed by atoms with van der Waals surface area (Å²) in [5.41, 5.74) is 0.0000996. The smallest absolute Gasteiger partial charge is 0.311 e. The number of carboxylic acids is 1. The molecule has 0 spiro atoms. The second-order valence-corrected chi connectivity index (χ2v) is 5.42. The fourth-order valence-corrected chi connectivity index (χ4v) is 2.47. The lowest BCUT2D eigenvalue weighted by molar-refractivity contribution is -0.147. The number of carboxylic acid groups (broad SMARTS) is 1. The molecule has 0 saturated carbocycles. The summed E-state index contributed by atoms with van der Waals surface area (Å²) < 4.78 is 5.22. The lowest BCUT2D eigenvalue weighted by Crippen LogP contribution is -2.35. The maximum absolute atomic E-state index is 12.3. The Morgan fingerprint density at radius 3 is 2.70 bits per heavy atom. The molecule has 0 bridgehead atoms. The molecule has 20 heavy (non-hydrogen) atoms. The van der Waals surface area contributed by atoms with E-state index in [-0.39, 0.29) is 18.9 Å². The monoisotopic (exact) mass is 277 g/mol. The Hall–Kier alpha value is -2.04. The summed E-state index contributed by atoms with van der Waals surface area (Å²) >= 11 is 0. The minimum atomic E-state index is -0.843. The molecule has 1 atom stereocenters. The van der Waals surface area contributed by atoms with Gasteiger partial charge in [-0.15, -0.1) is 0 Å². The number of likely N-dealkylation sites (tertiary alicyclic amines) is 1. The van der Waals surface area contributed by atoms with E-state index < -0.39 is 11.4 Å². The Morgan fingerprint density at radius 2 is 2.10 bits per heavy atom. The van der Waals surface area contributed by atoms with Crippen LogP contribution in [0.25, 0.3) is 0 Å². The Kier molecular flexibility index (Phi) is 3.97. The van der Waals surface area contributed by atoms with Crippen LogP contribution in [0.4, 0.5) is 0 Å². The number of rotatable bonds is 4. The largest absolute Gasteiger partial charge is 0.496 e. The molecule has 108 valence electrons. The van der Waals surface area contributed by atoms with E-state index in [9.17, 15) is 14.7 Å². The molecular weight excluding hydrogens is 258 g/mol. The van der Waals surface area contributed by atoms with E-state index in [2.05, 4.69) is 0 Å². The van der Waals surface area contributed by atoms with Gasteiger partial charge in [-0.2, -0.15) is 0 Å². The first-order valence-electron chi connectivity index (χ1n) is 6.59. The first-order chi connectivity index (χ1) is 9.46. The van der Waals surface area contributed by atoms with Gasteiger partial charge in [-0.1, -0.05) is 18.2 Å². The van der Waals surface area contributed by atoms with Crippen LogP contribution < -0.4 is 4.74 Å². The van der Waals surface area contributed by atoms with Crippen molar-refractivity contribution >= 4 is 11.9 Å². The molecule has 5 nitrogen and oxygen atoms in total. The fraction of sp³-hybridized carbons (Fsp3) is 0.467. The van der Waals surface area contributed by atoms with Crippen LogP contribution in [0.5, 0.6) is 5.75 Å². The summed E-state index contributed by atoms with van der Waals surface area (Å²) in [5.74, 6) is -0.217. The summed E-state index contributed by atoms with van der Waals surface area (Å²) in [5, 5.41) is 9.19. The first kappa shape index (κ1) is 14.4. The summed E-state index contributed by atoms with van der Waals surface area (Å²) in [7, 11) is 1.57. The molecule has 1 amide bonds. The zero-order valence-electron chi connectivity index (χ0n) is 11.8. The van der Waals surface area contributed by atoms with Crippen LogP contribution in [0.15, 0.2) is 24.3 Å². The second-order valence-electron chi connectivity index (χ2n) is 5.42. The van der Waals surface area contributed by atoms with Crippen LogP contribution in [0.3, 0.4) is 0 Å². The van der Waals surface area contributed by atoms with Gasteiger partial charge in [-0.25, -0.2) is 0 Å². The van der Waals surface area contributed by atoms with Crippen molar-refractivity contribution in [2.24, 2.45) is 5.41 Å². The van der Waals surface area contributed by atoms with E-state index in [1.54, 1.807) is 18.9 Å². The highest BCUT2D eigenvalue weighted by Crippen LogP contribution is 2.30. The van der Waals surface area contributed by atoms with Crippen molar-refractivity contribution in [3.8, 4) is 5.75 Å². The van der Waals surface area contributed by atoms with Gasteiger partial charge in [0.1, 0.15) is 5.75 Å². The molecule has 1 saturated heterocycles. The lowest BCUT2D eigenvalue weighted by atomic mass is 9.90. The Morgan fingerprint density at radius 1 is 1.40 bits per heavy atom. The van der Waals surface area contributed by atoms with E-state index in [1.165, 1.54) is 0 Å². The summed E-state index contributed by atoms with van der Waals surface area (Å²) in [4.78, 5) is 25.1. The van der Waals surface area contributed by atoms with Crippen molar-refractivity contribution in [2.45, 2.75) is 19.8 Å². The highest BCUT2D eigenvalue weighted by Gasteiger charge is 2.41. The number of para-hydroxylation sites is 1. The average molecular weight is 277 g/mol. The van der Waals surface area contributed by atoms with E-state index in [4.69, 9.17) is 4.74 Å². The van der Waals surface area contributed by atoms with Gasteiger partial charge in [0.2, 0.25) is 5.91 Å². The zero-order chi connectivity index (χ0) is 14.8. The summed E-state index contributed by atoms with van der Waals surface area (Å²) in [6.07, 6.45) is 0.736. The number of aliphatic carboxylic acids is 1. The van der Waals surface area contributed by atoms with Gasteiger partial charge in [0, 0.05) is 18.7 Å². The Balaban J connectivity index is 2.05. The van der Waals surface area contributed by atoms with E-state index in [0.717, 1.165) is 5.56 Å². The molecular formula is C15H19NO4. The van der Waals surface area contributed by atoms with Crippen LogP contribution >= 0.6 is 0 Å². The zero-order valence-corrected chi connectivity index (χ0v) is 11.8. The molecule has 0 aromatic heterocycles. The molecule has 1 aromatic rings. The standard InChI is InChI=1S/C15H19NO4/c1-15(14(18)19)7-8-16(10-15)13(17)9-11-5-3-4-6-12(11)20-2/h3-6H,7-10H2,1-2H3,(H,18,19). The quantitative estimate of drug-likeness (QED) is 0.907. The number of nitrogens with zero attached hydrogens (tertiary/aromatic N) is 1. The molecule has 2 rings (SSSR count). The van der Waals surface area contributed by atoms with Crippen LogP contribution in [0.2, 0.25) is 0 Å². The van der Waals surface area contributed by atoms with Crippen molar-refractivity contribution in [2.75, 3.05) is 20.2 Å². The number of methoxy groups -OCH3 is 1. The molecule has 1 fully saturated rings. The van der Waals surface area contributed by atoms with Crippen LogP contribution in [0.1, 0.15) is 18.9 Å². The van der Waals surface area contributed by atoms with E-state index >= 15 is 0 Å². The summed E-state index contributed by atoms with van der Waals surface area (Å²) in [6, 6.07) is 7.37. The molecule has 1 N–H and O–H groups in total. The van der Waals surface area contributed by atoms with Crippen molar-refractivity contribution in [3.05, 3.63) is 29.8 Å².